The Balaban J connectivity index is 2.64. The van der Waals surface area contributed by atoms with Crippen molar-refractivity contribution in [3.05, 3.63) is 18.3 Å². The maximum absolute atomic E-state index is 12.4. The summed E-state index contributed by atoms with van der Waals surface area (Å²) in [6.07, 6.45) is 1.33. The number of carbonyl (C=O) groups is 1. The number of ether oxygens (including phenoxy) is 1. The number of nitrogens with one attached hydrogen (secondary N) is 1. The van der Waals surface area contributed by atoms with Gasteiger partial charge < -0.3 is 10.1 Å². The SMILES string of the molecule is CCN(CC)S(=O)(=O)c1ccc(SCC(=O)NC(C)COC)nc1. The summed E-state index contributed by atoms with van der Waals surface area (Å²) in [5.74, 6) is 0.0922. The molecule has 0 saturated carbocycles. The van der Waals surface area contributed by atoms with Crippen molar-refractivity contribution in [1.82, 2.24) is 14.6 Å². The van der Waals surface area contributed by atoms with E-state index in [1.54, 1.807) is 27.0 Å². The molecule has 0 radical (unpaired) electrons. The van der Waals surface area contributed by atoms with Crippen molar-refractivity contribution >= 4 is 27.7 Å². The Bertz CT molecular complexity index is 616. The summed E-state index contributed by atoms with van der Waals surface area (Å²) in [6.45, 7) is 6.72. The van der Waals surface area contributed by atoms with E-state index in [-0.39, 0.29) is 22.6 Å². The topological polar surface area (TPSA) is 88.6 Å². The van der Waals surface area contributed by atoms with E-state index in [2.05, 4.69) is 10.3 Å². The predicted molar refractivity (Wildman–Crippen MR) is 94.5 cm³/mol. The van der Waals surface area contributed by atoms with Crippen molar-refractivity contribution in [2.75, 3.05) is 32.6 Å². The summed E-state index contributed by atoms with van der Waals surface area (Å²) in [5.41, 5.74) is 0. The van der Waals surface area contributed by atoms with Gasteiger partial charge in [0.1, 0.15) is 4.90 Å². The summed E-state index contributed by atoms with van der Waals surface area (Å²) in [6, 6.07) is 3.08. The highest BCUT2D eigenvalue weighted by Crippen LogP contribution is 2.19. The first kappa shape index (κ1) is 20.9. The van der Waals surface area contributed by atoms with Crippen molar-refractivity contribution in [3.63, 3.8) is 0 Å². The molecular weight excluding hydrogens is 350 g/mol. The van der Waals surface area contributed by atoms with Gasteiger partial charge in [-0.05, 0) is 19.1 Å². The molecule has 1 atom stereocenters. The lowest BCUT2D eigenvalue weighted by Gasteiger charge is -2.18. The van der Waals surface area contributed by atoms with Crippen LogP contribution in [0.25, 0.3) is 0 Å². The molecule has 0 aliphatic heterocycles. The van der Waals surface area contributed by atoms with Gasteiger partial charge >= 0.3 is 0 Å². The third kappa shape index (κ3) is 6.04. The van der Waals surface area contributed by atoms with E-state index < -0.39 is 10.0 Å². The molecule has 1 aromatic heterocycles. The number of aromatic nitrogens is 1. The molecule has 1 amide bonds. The van der Waals surface area contributed by atoms with Gasteiger partial charge in [-0.25, -0.2) is 13.4 Å². The zero-order valence-corrected chi connectivity index (χ0v) is 16.1. The van der Waals surface area contributed by atoms with Crippen LogP contribution in [0.3, 0.4) is 0 Å². The van der Waals surface area contributed by atoms with Gasteiger partial charge in [0.25, 0.3) is 0 Å². The minimum atomic E-state index is -3.50. The molecule has 0 fully saturated rings. The Hall–Kier alpha value is -1.16. The highest BCUT2D eigenvalue weighted by molar-refractivity contribution is 7.99. The fourth-order valence-corrected chi connectivity index (χ4v) is 4.12. The quantitative estimate of drug-likeness (QED) is 0.621. The summed E-state index contributed by atoms with van der Waals surface area (Å²) in [7, 11) is -1.92. The molecule has 24 heavy (non-hydrogen) atoms. The van der Waals surface area contributed by atoms with Gasteiger partial charge in [-0.15, -0.1) is 0 Å². The Morgan fingerprint density at radius 2 is 2.04 bits per heavy atom. The minimum absolute atomic E-state index is 0.0577. The van der Waals surface area contributed by atoms with Crippen molar-refractivity contribution in [2.24, 2.45) is 0 Å². The molecule has 7 nitrogen and oxygen atoms in total. The van der Waals surface area contributed by atoms with E-state index in [1.165, 1.54) is 28.3 Å². The Morgan fingerprint density at radius 1 is 1.38 bits per heavy atom. The molecule has 1 heterocycles. The van der Waals surface area contributed by atoms with Crippen molar-refractivity contribution in [2.45, 2.75) is 36.7 Å². The number of thioether (sulfide) groups is 1. The lowest BCUT2D eigenvalue weighted by Crippen LogP contribution is -2.36. The molecule has 1 rings (SSSR count). The van der Waals surface area contributed by atoms with Gasteiger partial charge in [-0.2, -0.15) is 4.31 Å². The van der Waals surface area contributed by atoms with Crippen molar-refractivity contribution in [1.29, 1.82) is 0 Å². The largest absolute Gasteiger partial charge is 0.383 e. The standard InChI is InChI=1S/C15H25N3O4S2/c1-5-18(6-2)24(20,21)13-7-8-15(16-9-13)23-11-14(19)17-12(3)10-22-4/h7-9,12H,5-6,10-11H2,1-4H3,(H,17,19). The van der Waals surface area contributed by atoms with Crippen molar-refractivity contribution < 1.29 is 17.9 Å². The Labute approximate surface area is 148 Å². The van der Waals surface area contributed by atoms with E-state index >= 15 is 0 Å². The second kappa shape index (κ2) is 9.97. The predicted octanol–water partition coefficient (Wildman–Crippen LogP) is 1.36. The summed E-state index contributed by atoms with van der Waals surface area (Å²) in [4.78, 5) is 16.1. The molecule has 0 saturated heterocycles. The lowest BCUT2D eigenvalue weighted by molar-refractivity contribution is -0.119. The molecule has 0 aliphatic carbocycles. The van der Waals surface area contributed by atoms with Crippen LogP contribution >= 0.6 is 11.8 Å². The van der Waals surface area contributed by atoms with Crippen molar-refractivity contribution in [3.8, 4) is 0 Å². The lowest BCUT2D eigenvalue weighted by atomic mass is 10.3. The van der Waals surface area contributed by atoms with Crippen LogP contribution in [0.5, 0.6) is 0 Å². The third-order valence-corrected chi connectivity index (χ3v) is 6.20. The molecule has 0 aromatic carbocycles. The molecular formula is C15H25N3O4S2. The molecule has 0 spiro atoms. The number of pyridine rings is 1. The zero-order chi connectivity index (χ0) is 18.2. The van der Waals surface area contributed by atoms with E-state index in [4.69, 9.17) is 4.74 Å². The number of hydrogen-bond acceptors (Lipinski definition) is 6. The second-order valence-corrected chi connectivity index (χ2v) is 8.07. The average Bonchev–Trinajstić information content (AvgIpc) is 2.54. The van der Waals surface area contributed by atoms with E-state index in [0.29, 0.717) is 24.7 Å². The molecule has 9 heteroatoms. The van der Waals surface area contributed by atoms with Crippen LogP contribution in [0.2, 0.25) is 0 Å². The van der Waals surface area contributed by atoms with Crippen LogP contribution < -0.4 is 5.32 Å². The average molecular weight is 376 g/mol. The first-order valence-electron chi connectivity index (χ1n) is 7.72. The van der Waals surface area contributed by atoms with Gasteiger partial charge in [0.05, 0.1) is 17.4 Å². The molecule has 0 bridgehead atoms. The van der Waals surface area contributed by atoms with Crippen LogP contribution in [-0.4, -0.2) is 62.2 Å². The van der Waals surface area contributed by atoms with Gasteiger partial charge in [-0.3, -0.25) is 4.79 Å². The highest BCUT2D eigenvalue weighted by Gasteiger charge is 2.21. The number of rotatable bonds is 10. The zero-order valence-electron chi connectivity index (χ0n) is 14.5. The highest BCUT2D eigenvalue weighted by atomic mass is 32.2. The Kier molecular flexibility index (Phi) is 8.68. The van der Waals surface area contributed by atoms with Gasteiger partial charge in [-0.1, -0.05) is 25.6 Å². The number of sulfonamides is 1. The normalized spacial score (nSPS) is 13.0. The molecule has 136 valence electrons. The summed E-state index contributed by atoms with van der Waals surface area (Å²) < 4.78 is 31.0. The van der Waals surface area contributed by atoms with E-state index in [0.717, 1.165) is 0 Å². The van der Waals surface area contributed by atoms with Crippen LogP contribution in [0.15, 0.2) is 28.3 Å². The first-order valence-corrected chi connectivity index (χ1v) is 10.1. The first-order chi connectivity index (χ1) is 11.3. The number of methoxy groups -OCH3 is 1. The monoisotopic (exact) mass is 375 g/mol. The van der Waals surface area contributed by atoms with E-state index in [1.807, 2.05) is 6.92 Å². The van der Waals surface area contributed by atoms with Gasteiger partial charge in [0, 0.05) is 32.4 Å². The minimum Gasteiger partial charge on any atom is -0.383 e. The van der Waals surface area contributed by atoms with Gasteiger partial charge in [0.15, 0.2) is 0 Å². The third-order valence-electron chi connectivity index (χ3n) is 3.23. The van der Waals surface area contributed by atoms with Crippen LogP contribution in [0.1, 0.15) is 20.8 Å². The fraction of sp³-hybridized carbons (Fsp3) is 0.600. The number of hydrogen-bond donors (Lipinski definition) is 1. The Morgan fingerprint density at radius 3 is 2.54 bits per heavy atom. The van der Waals surface area contributed by atoms with Gasteiger partial charge in [0.2, 0.25) is 15.9 Å². The maximum atomic E-state index is 12.4. The molecule has 1 N–H and O–H groups in total. The summed E-state index contributed by atoms with van der Waals surface area (Å²) in [5, 5.41) is 3.40. The molecule has 0 aliphatic rings. The van der Waals surface area contributed by atoms with Crippen LogP contribution in [0.4, 0.5) is 0 Å². The number of nitrogens with zero attached hydrogens (tertiary/aromatic N) is 2. The number of carbonyl (C=O) groups excluding carboxylic acids is 1. The number of amides is 1. The fourth-order valence-electron chi connectivity index (χ4n) is 2.06. The maximum Gasteiger partial charge on any atom is 0.244 e. The second-order valence-electron chi connectivity index (χ2n) is 5.13. The van der Waals surface area contributed by atoms with Crippen LogP contribution in [0, 0.1) is 0 Å². The van der Waals surface area contributed by atoms with Crippen LogP contribution in [-0.2, 0) is 19.6 Å². The smallest absolute Gasteiger partial charge is 0.244 e. The van der Waals surface area contributed by atoms with E-state index in [9.17, 15) is 13.2 Å². The molecule has 1 aromatic rings. The summed E-state index contributed by atoms with van der Waals surface area (Å²) >= 11 is 1.26. The molecule has 1 unspecified atom stereocenters.